The molecule has 0 aliphatic rings. The highest BCUT2D eigenvalue weighted by Crippen LogP contribution is 2.56. The Labute approximate surface area is 73.5 Å². The van der Waals surface area contributed by atoms with Crippen molar-refractivity contribution in [3.05, 3.63) is 0 Å². The molecule has 0 radical (unpaired) electrons. The maximum Gasteiger partial charge on any atom is -0.0175 e. The van der Waals surface area contributed by atoms with Crippen LogP contribution in [0.5, 0.6) is 0 Å². The second-order valence-electron chi connectivity index (χ2n) is 4.77. The first-order valence-electron chi connectivity index (χ1n) is 4.55. The minimum Gasteiger partial charge on any atom is -0.0959 e. The molecule has 0 rings (SSSR count). The van der Waals surface area contributed by atoms with E-state index in [2.05, 4.69) is 48.5 Å². The standard InChI is InChI=1S/C10H23P/c1-8(2)11(9(3)4)10(5,6)7/h8-9H,1-7H3. The van der Waals surface area contributed by atoms with Crippen molar-refractivity contribution >= 4 is 7.92 Å². The van der Waals surface area contributed by atoms with Crippen LogP contribution in [-0.4, -0.2) is 16.5 Å². The monoisotopic (exact) mass is 174 g/mol. The molecule has 0 aliphatic carbocycles. The van der Waals surface area contributed by atoms with Crippen LogP contribution >= 0.6 is 7.92 Å². The van der Waals surface area contributed by atoms with Crippen molar-refractivity contribution in [1.82, 2.24) is 0 Å². The smallest absolute Gasteiger partial charge is 0.0175 e. The van der Waals surface area contributed by atoms with Crippen LogP contribution in [0.4, 0.5) is 0 Å². The zero-order chi connectivity index (χ0) is 9.23. The number of hydrogen-bond donors (Lipinski definition) is 0. The van der Waals surface area contributed by atoms with Gasteiger partial charge in [-0.25, -0.2) is 0 Å². The summed E-state index contributed by atoms with van der Waals surface area (Å²) < 4.78 is 0. The average molecular weight is 174 g/mol. The third kappa shape index (κ3) is 3.56. The third-order valence-electron chi connectivity index (χ3n) is 1.89. The van der Waals surface area contributed by atoms with Crippen LogP contribution < -0.4 is 0 Å². The Morgan fingerprint density at radius 2 is 1.09 bits per heavy atom. The topological polar surface area (TPSA) is 0 Å². The summed E-state index contributed by atoms with van der Waals surface area (Å²) >= 11 is 0. The summed E-state index contributed by atoms with van der Waals surface area (Å²) in [4.78, 5) is 0. The minimum absolute atomic E-state index is 0.180. The first-order chi connectivity index (χ1) is 4.76. The quantitative estimate of drug-likeness (QED) is 0.553. The number of rotatable bonds is 2. The van der Waals surface area contributed by atoms with E-state index in [1.54, 1.807) is 0 Å². The van der Waals surface area contributed by atoms with Gasteiger partial charge < -0.3 is 0 Å². The number of hydrogen-bond acceptors (Lipinski definition) is 0. The largest absolute Gasteiger partial charge is 0.0959 e. The average Bonchev–Trinajstić information content (AvgIpc) is 1.54. The van der Waals surface area contributed by atoms with Gasteiger partial charge in [-0.1, -0.05) is 56.4 Å². The van der Waals surface area contributed by atoms with Crippen molar-refractivity contribution in [2.75, 3.05) is 0 Å². The van der Waals surface area contributed by atoms with E-state index in [9.17, 15) is 0 Å². The van der Waals surface area contributed by atoms with Crippen molar-refractivity contribution in [3.8, 4) is 0 Å². The second-order valence-corrected chi connectivity index (χ2v) is 8.99. The van der Waals surface area contributed by atoms with E-state index in [0.717, 1.165) is 11.3 Å². The predicted octanol–water partition coefficient (Wildman–Crippen LogP) is 4.08. The highest BCUT2D eigenvalue weighted by molar-refractivity contribution is 7.60. The van der Waals surface area contributed by atoms with E-state index in [-0.39, 0.29) is 7.92 Å². The maximum absolute atomic E-state index is 2.37. The summed E-state index contributed by atoms with van der Waals surface area (Å²) in [6.45, 7) is 16.6. The predicted molar refractivity (Wildman–Crippen MR) is 56.9 cm³/mol. The molecule has 68 valence electrons. The Kier molecular flexibility index (Phi) is 4.05. The van der Waals surface area contributed by atoms with Gasteiger partial charge in [0.15, 0.2) is 0 Å². The van der Waals surface area contributed by atoms with Gasteiger partial charge >= 0.3 is 0 Å². The highest BCUT2D eigenvalue weighted by Gasteiger charge is 2.28. The summed E-state index contributed by atoms with van der Waals surface area (Å²) in [6, 6.07) is 0. The Hall–Kier alpha value is 0.430. The van der Waals surface area contributed by atoms with E-state index in [1.165, 1.54) is 0 Å². The van der Waals surface area contributed by atoms with Gasteiger partial charge in [0.25, 0.3) is 0 Å². The minimum atomic E-state index is 0.180. The zero-order valence-corrected chi connectivity index (χ0v) is 10.00. The van der Waals surface area contributed by atoms with E-state index in [1.807, 2.05) is 0 Å². The Morgan fingerprint density at radius 3 is 1.09 bits per heavy atom. The van der Waals surface area contributed by atoms with E-state index < -0.39 is 0 Å². The lowest BCUT2D eigenvalue weighted by Gasteiger charge is -2.38. The molecular weight excluding hydrogens is 151 g/mol. The molecule has 0 amide bonds. The molecule has 0 aromatic carbocycles. The Bertz CT molecular complexity index is 101. The van der Waals surface area contributed by atoms with Crippen molar-refractivity contribution in [2.45, 2.75) is 64.9 Å². The van der Waals surface area contributed by atoms with Crippen LogP contribution in [0, 0.1) is 0 Å². The molecule has 0 fully saturated rings. The molecule has 0 nitrogen and oxygen atoms in total. The van der Waals surface area contributed by atoms with Crippen LogP contribution in [0.3, 0.4) is 0 Å². The van der Waals surface area contributed by atoms with Gasteiger partial charge in [0.2, 0.25) is 0 Å². The maximum atomic E-state index is 2.37. The fourth-order valence-corrected chi connectivity index (χ4v) is 6.44. The Balaban J connectivity index is 4.35. The van der Waals surface area contributed by atoms with Crippen LogP contribution in [0.15, 0.2) is 0 Å². The van der Waals surface area contributed by atoms with E-state index in [0.29, 0.717) is 5.16 Å². The lowest BCUT2D eigenvalue weighted by atomic mass is 10.3. The van der Waals surface area contributed by atoms with Gasteiger partial charge in [-0.15, -0.1) is 0 Å². The van der Waals surface area contributed by atoms with E-state index >= 15 is 0 Å². The van der Waals surface area contributed by atoms with Gasteiger partial charge in [-0.2, -0.15) is 0 Å². The summed E-state index contributed by atoms with van der Waals surface area (Å²) in [5.74, 6) is 0. The van der Waals surface area contributed by atoms with Gasteiger partial charge in [0.1, 0.15) is 0 Å². The molecule has 0 N–H and O–H groups in total. The van der Waals surface area contributed by atoms with Gasteiger partial charge in [-0.05, 0) is 16.5 Å². The second kappa shape index (κ2) is 3.90. The van der Waals surface area contributed by atoms with Crippen LogP contribution in [0.1, 0.15) is 48.5 Å². The molecule has 0 aliphatic heterocycles. The first-order valence-corrected chi connectivity index (χ1v) is 6.03. The van der Waals surface area contributed by atoms with Crippen molar-refractivity contribution in [2.24, 2.45) is 0 Å². The molecule has 11 heavy (non-hydrogen) atoms. The molecule has 0 unspecified atom stereocenters. The summed E-state index contributed by atoms with van der Waals surface area (Å²) in [5.41, 5.74) is 1.73. The molecule has 0 spiro atoms. The fourth-order valence-electron chi connectivity index (χ4n) is 2.15. The Morgan fingerprint density at radius 1 is 0.818 bits per heavy atom. The van der Waals surface area contributed by atoms with Crippen molar-refractivity contribution in [3.63, 3.8) is 0 Å². The first kappa shape index (κ1) is 11.4. The lowest BCUT2D eigenvalue weighted by molar-refractivity contribution is 0.754. The van der Waals surface area contributed by atoms with E-state index in [4.69, 9.17) is 0 Å². The molecule has 1 heteroatoms. The molecule has 0 saturated carbocycles. The summed E-state index contributed by atoms with van der Waals surface area (Å²) in [5, 5.41) is 0.525. The SMILES string of the molecule is CC(C)P(C(C)C)C(C)(C)C. The molecule has 0 heterocycles. The van der Waals surface area contributed by atoms with Crippen LogP contribution in [-0.2, 0) is 0 Å². The molecular formula is C10H23P. The van der Waals surface area contributed by atoms with Gasteiger partial charge in [-0.3, -0.25) is 0 Å². The normalized spacial score (nSPS) is 13.6. The van der Waals surface area contributed by atoms with Crippen molar-refractivity contribution < 1.29 is 0 Å². The highest BCUT2D eigenvalue weighted by atomic mass is 31.1. The van der Waals surface area contributed by atoms with Crippen molar-refractivity contribution in [1.29, 1.82) is 0 Å². The molecule has 0 aromatic rings. The lowest BCUT2D eigenvalue weighted by Crippen LogP contribution is -2.21. The van der Waals surface area contributed by atoms with Gasteiger partial charge in [0, 0.05) is 0 Å². The van der Waals surface area contributed by atoms with Crippen LogP contribution in [0.2, 0.25) is 0 Å². The zero-order valence-electron chi connectivity index (χ0n) is 9.10. The summed E-state index contributed by atoms with van der Waals surface area (Å²) in [7, 11) is 0.180. The fraction of sp³-hybridized carbons (Fsp3) is 1.00. The summed E-state index contributed by atoms with van der Waals surface area (Å²) in [6.07, 6.45) is 0. The van der Waals surface area contributed by atoms with Gasteiger partial charge in [0.05, 0.1) is 0 Å². The molecule has 0 aromatic heterocycles. The molecule has 0 bridgehead atoms. The van der Waals surface area contributed by atoms with Crippen LogP contribution in [0.25, 0.3) is 0 Å². The molecule has 0 atom stereocenters. The third-order valence-corrected chi connectivity index (χ3v) is 5.66. The molecule has 0 saturated heterocycles.